The minimum atomic E-state index is -3.67. The first kappa shape index (κ1) is 15.5. The van der Waals surface area contributed by atoms with E-state index in [0.717, 1.165) is 6.42 Å². The third-order valence-electron chi connectivity index (χ3n) is 2.49. The van der Waals surface area contributed by atoms with Gasteiger partial charge in [0.15, 0.2) is 5.82 Å². The van der Waals surface area contributed by atoms with Crippen LogP contribution in [0.4, 0.5) is 5.82 Å². The molecule has 1 aromatic heterocycles. The molecular weight excluding hydrogens is 264 g/mol. The van der Waals surface area contributed by atoms with Gasteiger partial charge in [0, 0.05) is 25.8 Å². The maximum atomic E-state index is 12.4. The van der Waals surface area contributed by atoms with E-state index >= 15 is 0 Å². The molecule has 0 fully saturated rings. The molecule has 1 rings (SSSR count). The molecule has 7 heteroatoms. The zero-order valence-corrected chi connectivity index (χ0v) is 11.9. The van der Waals surface area contributed by atoms with Gasteiger partial charge in [-0.1, -0.05) is 19.1 Å². The van der Waals surface area contributed by atoms with E-state index in [1.165, 1.54) is 22.7 Å². The number of hydrogen-bond donors (Lipinski definition) is 1. The number of hydrogen-bond acceptors (Lipinski definition) is 4. The number of anilines is 1. The molecule has 1 aromatic rings. The van der Waals surface area contributed by atoms with Crippen LogP contribution in [-0.4, -0.2) is 35.6 Å². The van der Waals surface area contributed by atoms with E-state index in [-0.39, 0.29) is 23.8 Å². The average Bonchev–Trinajstić information content (AvgIpc) is 2.71. The van der Waals surface area contributed by atoms with Gasteiger partial charge in [-0.3, -0.25) is 4.68 Å². The Morgan fingerprint density at radius 2 is 2.00 bits per heavy atom. The van der Waals surface area contributed by atoms with E-state index in [0.29, 0.717) is 6.54 Å². The van der Waals surface area contributed by atoms with Crippen LogP contribution in [0.3, 0.4) is 0 Å². The molecule has 1 heterocycles. The van der Waals surface area contributed by atoms with Gasteiger partial charge in [-0.2, -0.15) is 9.40 Å². The molecule has 6 nitrogen and oxygen atoms in total. The molecule has 0 bridgehead atoms. The van der Waals surface area contributed by atoms with Crippen molar-refractivity contribution in [3.8, 4) is 0 Å². The van der Waals surface area contributed by atoms with Crippen molar-refractivity contribution >= 4 is 15.8 Å². The van der Waals surface area contributed by atoms with Crippen molar-refractivity contribution in [2.75, 3.05) is 18.8 Å². The van der Waals surface area contributed by atoms with Gasteiger partial charge in [0.25, 0.3) is 0 Å². The molecule has 0 aliphatic rings. The second-order valence-electron chi connectivity index (χ2n) is 4.04. The van der Waals surface area contributed by atoms with Crippen LogP contribution in [0.5, 0.6) is 0 Å². The Morgan fingerprint density at radius 1 is 1.42 bits per heavy atom. The molecule has 0 unspecified atom stereocenters. The van der Waals surface area contributed by atoms with Crippen LogP contribution in [0.1, 0.15) is 13.3 Å². The summed E-state index contributed by atoms with van der Waals surface area (Å²) in [4.78, 5) is 0.0321. The predicted molar refractivity (Wildman–Crippen MR) is 76.1 cm³/mol. The molecule has 0 saturated carbocycles. The third-order valence-corrected chi connectivity index (χ3v) is 4.34. The van der Waals surface area contributed by atoms with Crippen molar-refractivity contribution in [2.45, 2.75) is 24.8 Å². The first-order valence-corrected chi connectivity index (χ1v) is 7.46. The van der Waals surface area contributed by atoms with Gasteiger partial charge in [-0.15, -0.1) is 13.2 Å². The van der Waals surface area contributed by atoms with Crippen molar-refractivity contribution in [2.24, 2.45) is 0 Å². The van der Waals surface area contributed by atoms with Crippen LogP contribution in [0.15, 0.2) is 36.4 Å². The van der Waals surface area contributed by atoms with E-state index in [4.69, 9.17) is 5.73 Å². The highest BCUT2D eigenvalue weighted by atomic mass is 32.2. The van der Waals surface area contributed by atoms with Crippen LogP contribution in [0.2, 0.25) is 0 Å². The van der Waals surface area contributed by atoms with Gasteiger partial charge in [0.2, 0.25) is 10.0 Å². The summed E-state index contributed by atoms with van der Waals surface area (Å²) in [6.07, 6.45) is 5.36. The molecule has 0 aliphatic carbocycles. The van der Waals surface area contributed by atoms with Crippen LogP contribution in [-0.2, 0) is 16.6 Å². The minimum Gasteiger partial charge on any atom is -0.381 e. The fraction of sp³-hybridized carbons (Fsp3) is 0.417. The van der Waals surface area contributed by atoms with E-state index in [9.17, 15) is 8.42 Å². The Hall–Kier alpha value is -1.60. The molecule has 2 N–H and O–H groups in total. The summed E-state index contributed by atoms with van der Waals surface area (Å²) in [6.45, 7) is 10.1. The van der Waals surface area contributed by atoms with Crippen LogP contribution < -0.4 is 5.73 Å². The topological polar surface area (TPSA) is 81.2 Å². The lowest BCUT2D eigenvalue weighted by atomic mass is 10.5. The van der Waals surface area contributed by atoms with E-state index in [2.05, 4.69) is 18.3 Å². The summed E-state index contributed by atoms with van der Waals surface area (Å²) in [5, 5.41) is 4.01. The van der Waals surface area contributed by atoms with Crippen molar-refractivity contribution in [1.82, 2.24) is 14.1 Å². The molecule has 0 radical (unpaired) electrons. The SMILES string of the molecule is C=CCN(CC=C)S(=O)(=O)c1cn(CCC)nc1N. The average molecular weight is 284 g/mol. The quantitative estimate of drug-likeness (QED) is 0.728. The zero-order chi connectivity index (χ0) is 14.5. The normalized spacial score (nSPS) is 11.7. The Balaban J connectivity index is 3.16. The Labute approximate surface area is 114 Å². The predicted octanol–water partition coefficient (Wildman–Crippen LogP) is 1.24. The number of nitrogens with zero attached hydrogens (tertiary/aromatic N) is 3. The Morgan fingerprint density at radius 3 is 2.47 bits per heavy atom. The molecule has 106 valence electrons. The van der Waals surface area contributed by atoms with Crippen LogP contribution in [0.25, 0.3) is 0 Å². The summed E-state index contributed by atoms with van der Waals surface area (Å²) in [6, 6.07) is 0. The summed E-state index contributed by atoms with van der Waals surface area (Å²) in [5.41, 5.74) is 5.70. The Kier molecular flexibility index (Phi) is 5.31. The molecular formula is C12H20N4O2S. The molecule has 0 spiro atoms. The smallest absolute Gasteiger partial charge is 0.248 e. The number of nitrogens with two attached hydrogens (primary N) is 1. The first-order valence-electron chi connectivity index (χ1n) is 6.02. The standard InChI is InChI=1S/C12H20N4O2S/c1-4-7-15-10-11(12(13)14-15)19(17,18)16(8-5-2)9-6-3/h5-6,10H,2-4,7-9H2,1H3,(H2,13,14). The number of rotatable bonds is 8. The van der Waals surface area contributed by atoms with E-state index in [1.807, 2.05) is 6.92 Å². The molecule has 0 amide bonds. The lowest BCUT2D eigenvalue weighted by molar-refractivity contribution is 0.474. The van der Waals surface area contributed by atoms with Gasteiger partial charge < -0.3 is 5.73 Å². The van der Waals surface area contributed by atoms with Gasteiger partial charge in [-0.05, 0) is 6.42 Å². The number of aromatic nitrogens is 2. The van der Waals surface area contributed by atoms with E-state index in [1.54, 1.807) is 4.68 Å². The number of aryl methyl sites for hydroxylation is 1. The summed E-state index contributed by atoms with van der Waals surface area (Å²) < 4.78 is 27.7. The fourth-order valence-corrected chi connectivity index (χ4v) is 3.10. The molecule has 19 heavy (non-hydrogen) atoms. The van der Waals surface area contributed by atoms with Crippen LogP contribution >= 0.6 is 0 Å². The minimum absolute atomic E-state index is 0.0200. The summed E-state index contributed by atoms with van der Waals surface area (Å²) >= 11 is 0. The highest BCUT2D eigenvalue weighted by molar-refractivity contribution is 7.89. The van der Waals surface area contributed by atoms with Crippen molar-refractivity contribution in [3.05, 3.63) is 31.5 Å². The molecule has 0 saturated heterocycles. The molecule has 0 atom stereocenters. The zero-order valence-electron chi connectivity index (χ0n) is 11.1. The monoisotopic (exact) mass is 284 g/mol. The van der Waals surface area contributed by atoms with Crippen molar-refractivity contribution in [1.29, 1.82) is 0 Å². The molecule has 0 aliphatic heterocycles. The summed E-state index contributed by atoms with van der Waals surface area (Å²) in [5.74, 6) is 0.0200. The fourth-order valence-electron chi connectivity index (χ4n) is 1.66. The maximum Gasteiger partial charge on any atom is 0.248 e. The number of nitrogen functional groups attached to an aromatic ring is 1. The first-order chi connectivity index (χ1) is 8.97. The van der Waals surface area contributed by atoms with Gasteiger partial charge >= 0.3 is 0 Å². The highest BCUT2D eigenvalue weighted by Crippen LogP contribution is 2.21. The second-order valence-corrected chi connectivity index (χ2v) is 5.95. The van der Waals surface area contributed by atoms with Crippen molar-refractivity contribution in [3.63, 3.8) is 0 Å². The second kappa shape index (κ2) is 6.53. The number of sulfonamides is 1. The lowest BCUT2D eigenvalue weighted by Gasteiger charge is -2.18. The van der Waals surface area contributed by atoms with Gasteiger partial charge in [0.05, 0.1) is 0 Å². The molecule has 0 aromatic carbocycles. The lowest BCUT2D eigenvalue weighted by Crippen LogP contribution is -2.31. The van der Waals surface area contributed by atoms with Gasteiger partial charge in [0.1, 0.15) is 4.90 Å². The summed E-state index contributed by atoms with van der Waals surface area (Å²) in [7, 11) is -3.67. The maximum absolute atomic E-state index is 12.4. The van der Waals surface area contributed by atoms with Crippen LogP contribution in [0, 0.1) is 0 Å². The Bertz CT molecular complexity index is 538. The van der Waals surface area contributed by atoms with E-state index < -0.39 is 10.0 Å². The highest BCUT2D eigenvalue weighted by Gasteiger charge is 2.27. The largest absolute Gasteiger partial charge is 0.381 e. The third kappa shape index (κ3) is 3.45. The van der Waals surface area contributed by atoms with Crippen molar-refractivity contribution < 1.29 is 8.42 Å². The van der Waals surface area contributed by atoms with Gasteiger partial charge in [-0.25, -0.2) is 8.42 Å².